The molecule has 0 fully saturated rings. The number of aryl methyl sites for hydroxylation is 2. The number of hydrogen-bond acceptors (Lipinski definition) is 1. The number of carbonyl (C=O) groups is 1. The van der Waals surface area contributed by atoms with Gasteiger partial charge in [0.15, 0.2) is 5.78 Å². The van der Waals surface area contributed by atoms with E-state index in [-0.39, 0.29) is 5.78 Å². The van der Waals surface area contributed by atoms with E-state index in [0.717, 1.165) is 42.6 Å². The van der Waals surface area contributed by atoms with Crippen LogP contribution in [0.3, 0.4) is 0 Å². The van der Waals surface area contributed by atoms with Gasteiger partial charge in [0, 0.05) is 30.8 Å². The molecule has 0 radical (unpaired) electrons. The molecular formula is C24H22N2O. The predicted octanol–water partition coefficient (Wildman–Crippen LogP) is 5.61. The van der Waals surface area contributed by atoms with E-state index in [2.05, 4.69) is 63.7 Å². The van der Waals surface area contributed by atoms with Crippen molar-refractivity contribution < 1.29 is 4.79 Å². The second-order valence-corrected chi connectivity index (χ2v) is 7.31. The first-order valence-corrected chi connectivity index (χ1v) is 9.64. The van der Waals surface area contributed by atoms with Crippen molar-refractivity contribution in [1.82, 2.24) is 8.97 Å². The Hall–Kier alpha value is -3.07. The van der Waals surface area contributed by atoms with Crippen molar-refractivity contribution in [1.29, 1.82) is 0 Å². The van der Waals surface area contributed by atoms with E-state index >= 15 is 0 Å². The molecule has 5 rings (SSSR count). The van der Waals surface area contributed by atoms with Gasteiger partial charge in [-0.2, -0.15) is 0 Å². The lowest BCUT2D eigenvalue weighted by Gasteiger charge is -2.08. The van der Waals surface area contributed by atoms with Crippen LogP contribution >= 0.6 is 0 Å². The number of Topliss-reactive ketones (excluding diaryl/α,β-unsaturated/α-hetero) is 1. The predicted molar refractivity (Wildman–Crippen MR) is 109 cm³/mol. The van der Waals surface area contributed by atoms with E-state index in [9.17, 15) is 4.79 Å². The smallest absolute Gasteiger partial charge is 0.177 e. The van der Waals surface area contributed by atoms with Crippen molar-refractivity contribution in [3.05, 3.63) is 78.1 Å². The molecule has 4 aromatic rings. The molecular weight excluding hydrogens is 332 g/mol. The van der Waals surface area contributed by atoms with Crippen molar-refractivity contribution in [2.24, 2.45) is 0 Å². The van der Waals surface area contributed by atoms with Crippen LogP contribution < -0.4 is 0 Å². The lowest BCUT2D eigenvalue weighted by molar-refractivity contribution is 0.101. The summed E-state index contributed by atoms with van der Waals surface area (Å²) in [7, 11) is 0. The Morgan fingerprint density at radius 3 is 2.22 bits per heavy atom. The van der Waals surface area contributed by atoms with Gasteiger partial charge in [-0.05, 0) is 30.4 Å². The van der Waals surface area contributed by atoms with Crippen LogP contribution in [0.4, 0.5) is 0 Å². The van der Waals surface area contributed by atoms with E-state index < -0.39 is 0 Å². The number of rotatable bonds is 3. The van der Waals surface area contributed by atoms with E-state index in [1.54, 1.807) is 6.92 Å². The molecule has 0 aliphatic carbocycles. The van der Waals surface area contributed by atoms with Crippen molar-refractivity contribution >= 4 is 11.4 Å². The van der Waals surface area contributed by atoms with E-state index in [1.165, 1.54) is 22.5 Å². The molecule has 0 N–H and O–H groups in total. The van der Waals surface area contributed by atoms with Crippen LogP contribution in [-0.2, 0) is 13.0 Å². The van der Waals surface area contributed by atoms with Gasteiger partial charge in [0.1, 0.15) is 5.65 Å². The third kappa shape index (κ3) is 2.46. The summed E-state index contributed by atoms with van der Waals surface area (Å²) in [6.07, 6.45) is 5.47. The van der Waals surface area contributed by atoms with Crippen LogP contribution in [0, 0.1) is 0 Å². The summed E-state index contributed by atoms with van der Waals surface area (Å²) in [5.41, 5.74) is 7.95. The fraction of sp³-hybridized carbons (Fsp3) is 0.208. The molecule has 3 heterocycles. The minimum Gasteiger partial charge on any atom is -0.325 e. The Morgan fingerprint density at radius 2 is 1.56 bits per heavy atom. The zero-order valence-corrected chi connectivity index (χ0v) is 15.5. The average Bonchev–Trinajstić information content (AvgIpc) is 3.12. The zero-order chi connectivity index (χ0) is 18.4. The van der Waals surface area contributed by atoms with Gasteiger partial charge in [-0.15, -0.1) is 0 Å². The third-order valence-electron chi connectivity index (χ3n) is 5.60. The normalized spacial score (nSPS) is 13.7. The number of carbonyl (C=O) groups excluding carboxylic acids is 1. The van der Waals surface area contributed by atoms with Crippen molar-refractivity contribution in [3.63, 3.8) is 0 Å². The highest BCUT2D eigenvalue weighted by atomic mass is 16.1. The lowest BCUT2D eigenvalue weighted by Crippen LogP contribution is -2.00. The van der Waals surface area contributed by atoms with Gasteiger partial charge in [-0.1, -0.05) is 60.7 Å². The number of nitrogens with zero attached hydrogens (tertiary/aromatic N) is 2. The van der Waals surface area contributed by atoms with Crippen LogP contribution in [0.25, 0.3) is 28.0 Å². The molecule has 134 valence electrons. The van der Waals surface area contributed by atoms with E-state index in [0.29, 0.717) is 0 Å². The number of hydrogen-bond donors (Lipinski definition) is 0. The molecule has 27 heavy (non-hydrogen) atoms. The molecule has 0 unspecified atom stereocenters. The van der Waals surface area contributed by atoms with Gasteiger partial charge in [0.2, 0.25) is 0 Å². The molecule has 1 aliphatic rings. The summed E-state index contributed by atoms with van der Waals surface area (Å²) in [5, 5.41) is 0. The molecule has 3 nitrogen and oxygen atoms in total. The Labute approximate surface area is 158 Å². The maximum atomic E-state index is 12.7. The quantitative estimate of drug-likeness (QED) is 0.439. The summed E-state index contributed by atoms with van der Waals surface area (Å²) in [6.45, 7) is 2.67. The first-order valence-electron chi connectivity index (χ1n) is 9.64. The summed E-state index contributed by atoms with van der Waals surface area (Å²) in [4.78, 5) is 12.7. The van der Waals surface area contributed by atoms with Crippen molar-refractivity contribution in [2.45, 2.75) is 32.7 Å². The monoisotopic (exact) mass is 354 g/mol. The number of aromatic nitrogens is 2. The maximum Gasteiger partial charge on any atom is 0.177 e. The van der Waals surface area contributed by atoms with Crippen LogP contribution in [0.15, 0.2) is 66.9 Å². The Morgan fingerprint density at radius 1 is 0.889 bits per heavy atom. The van der Waals surface area contributed by atoms with Crippen LogP contribution in [0.2, 0.25) is 0 Å². The fourth-order valence-electron chi connectivity index (χ4n) is 4.49. The fourth-order valence-corrected chi connectivity index (χ4v) is 4.49. The number of benzene rings is 2. The molecule has 2 aromatic carbocycles. The Balaban J connectivity index is 1.88. The Bertz CT molecular complexity index is 1130. The molecule has 1 aliphatic heterocycles. The number of ketones is 1. The first kappa shape index (κ1) is 16.1. The maximum absolute atomic E-state index is 12.7. The number of imidazole rings is 1. The summed E-state index contributed by atoms with van der Waals surface area (Å²) in [5.74, 6) is 0.118. The molecule has 0 atom stereocenters. The summed E-state index contributed by atoms with van der Waals surface area (Å²) < 4.78 is 4.56. The topological polar surface area (TPSA) is 26.4 Å². The van der Waals surface area contributed by atoms with E-state index in [4.69, 9.17) is 0 Å². The minimum absolute atomic E-state index is 0.118. The first-order chi connectivity index (χ1) is 13.3. The average molecular weight is 354 g/mol. The highest BCUT2D eigenvalue weighted by Crippen LogP contribution is 2.39. The minimum atomic E-state index is 0.118. The van der Waals surface area contributed by atoms with Gasteiger partial charge in [-0.3, -0.25) is 9.20 Å². The second kappa shape index (κ2) is 6.27. The highest BCUT2D eigenvalue weighted by Gasteiger charge is 2.27. The molecule has 0 saturated carbocycles. The van der Waals surface area contributed by atoms with Crippen LogP contribution in [-0.4, -0.2) is 14.8 Å². The second-order valence-electron chi connectivity index (χ2n) is 7.31. The molecule has 0 amide bonds. The lowest BCUT2D eigenvalue weighted by atomic mass is 9.97. The van der Waals surface area contributed by atoms with Gasteiger partial charge >= 0.3 is 0 Å². The van der Waals surface area contributed by atoms with Gasteiger partial charge < -0.3 is 4.57 Å². The Kier molecular flexibility index (Phi) is 3.75. The highest BCUT2D eigenvalue weighted by molar-refractivity contribution is 6.03. The molecule has 0 saturated heterocycles. The SMILES string of the molecule is CC(=O)c1c(-c2ccccc2)c2c3n(c(-c4ccccc4)cn13)CCCC2. The summed E-state index contributed by atoms with van der Waals surface area (Å²) >= 11 is 0. The van der Waals surface area contributed by atoms with Crippen molar-refractivity contribution in [2.75, 3.05) is 0 Å². The van der Waals surface area contributed by atoms with Crippen molar-refractivity contribution in [3.8, 4) is 22.4 Å². The third-order valence-corrected chi connectivity index (χ3v) is 5.60. The molecule has 0 bridgehead atoms. The standard InChI is InChI=1S/C24H22N2O/c1-17(27)23-22(19-12-6-3-7-13-19)20-14-8-9-15-25-21(16-26(23)24(20)25)18-10-4-2-5-11-18/h2-7,10-13,16H,8-9,14-15H2,1H3. The van der Waals surface area contributed by atoms with Gasteiger partial charge in [0.25, 0.3) is 0 Å². The summed E-state index contributed by atoms with van der Waals surface area (Å²) in [6, 6.07) is 20.8. The van der Waals surface area contributed by atoms with Gasteiger partial charge in [0.05, 0.1) is 11.4 Å². The largest absolute Gasteiger partial charge is 0.325 e. The molecule has 0 spiro atoms. The molecule has 2 aromatic heterocycles. The van der Waals surface area contributed by atoms with Crippen LogP contribution in [0.5, 0.6) is 0 Å². The van der Waals surface area contributed by atoms with Crippen LogP contribution in [0.1, 0.15) is 35.8 Å². The zero-order valence-electron chi connectivity index (χ0n) is 15.5. The van der Waals surface area contributed by atoms with Gasteiger partial charge in [-0.25, -0.2) is 0 Å². The molecule has 3 heteroatoms. The van der Waals surface area contributed by atoms with E-state index in [1.807, 2.05) is 12.1 Å².